The number of nitrogens with one attached hydrogen (secondary N) is 2. The molecule has 5 rings (SSSR count). The van der Waals surface area contributed by atoms with E-state index in [1.54, 1.807) is 21.0 Å². The van der Waals surface area contributed by atoms with E-state index in [2.05, 4.69) is 15.7 Å². The quantitative estimate of drug-likeness (QED) is 0.510. The van der Waals surface area contributed by atoms with E-state index < -0.39 is 54.7 Å². The fourth-order valence-corrected chi connectivity index (χ4v) is 6.94. The molecule has 2 atom stereocenters. The number of alkyl halides is 3. The van der Waals surface area contributed by atoms with Gasteiger partial charge in [0, 0.05) is 30.8 Å². The first-order valence-electron chi connectivity index (χ1n) is 12.5. The smallest absolute Gasteiger partial charge is 0.336 e. The highest BCUT2D eigenvalue weighted by molar-refractivity contribution is 7.92. The first kappa shape index (κ1) is 26.7. The van der Waals surface area contributed by atoms with Gasteiger partial charge in [0.05, 0.1) is 27.6 Å². The summed E-state index contributed by atoms with van der Waals surface area (Å²) in [5.41, 5.74) is -1.98. The molecule has 9 nitrogen and oxygen atoms in total. The molecule has 0 unspecified atom stereocenters. The number of carbonyl (C=O) groups is 2. The lowest BCUT2D eigenvalue weighted by atomic mass is 10.1. The third kappa shape index (κ3) is 4.70. The van der Waals surface area contributed by atoms with Crippen molar-refractivity contribution in [2.24, 2.45) is 12.5 Å². The lowest BCUT2D eigenvalue weighted by molar-refractivity contribution is -0.142. The first-order valence-corrected chi connectivity index (χ1v) is 14.0. The second kappa shape index (κ2) is 8.80. The molecule has 1 aromatic carbocycles. The van der Waals surface area contributed by atoms with Crippen molar-refractivity contribution in [2.45, 2.75) is 67.1 Å². The molecule has 2 N–H and O–H groups in total. The normalized spacial score (nSPS) is 23.8. The van der Waals surface area contributed by atoms with Crippen molar-refractivity contribution in [1.29, 1.82) is 0 Å². The topological polar surface area (TPSA) is 113 Å². The summed E-state index contributed by atoms with van der Waals surface area (Å²) >= 11 is 0. The van der Waals surface area contributed by atoms with Gasteiger partial charge in [0.1, 0.15) is 6.04 Å². The van der Waals surface area contributed by atoms with Crippen molar-refractivity contribution in [3.05, 3.63) is 36.2 Å². The molecule has 0 radical (unpaired) electrons. The van der Waals surface area contributed by atoms with Crippen LogP contribution in [0.1, 0.15) is 44.6 Å². The number of sulfone groups is 1. The molecule has 1 aliphatic heterocycles. The van der Waals surface area contributed by atoms with Gasteiger partial charge >= 0.3 is 6.18 Å². The SMILES string of the molecule is CNC1(NC(=O)[C@@H]2C[C@@H](S(=O)(=O)c3ccc(-c4cnn(C)c4)cc3C(F)(F)F)CN2C(=O)C2(C)CC2)CC1. The highest BCUT2D eigenvalue weighted by Crippen LogP contribution is 2.48. The van der Waals surface area contributed by atoms with Gasteiger partial charge < -0.3 is 10.2 Å². The summed E-state index contributed by atoms with van der Waals surface area (Å²) in [6.07, 6.45) is 0.301. The fraction of sp³-hybridized carbons (Fsp3) is 0.560. The number of aryl methyl sites for hydroxylation is 1. The zero-order valence-electron chi connectivity index (χ0n) is 21.3. The third-order valence-corrected chi connectivity index (χ3v) is 10.2. The van der Waals surface area contributed by atoms with E-state index >= 15 is 0 Å². The summed E-state index contributed by atoms with van der Waals surface area (Å²) in [6, 6.07) is 1.99. The Morgan fingerprint density at radius 2 is 1.82 bits per heavy atom. The molecular weight excluding hydrogens is 523 g/mol. The molecule has 3 aliphatic rings. The Morgan fingerprint density at radius 1 is 1.13 bits per heavy atom. The summed E-state index contributed by atoms with van der Waals surface area (Å²) in [7, 11) is -1.26. The van der Waals surface area contributed by atoms with Crippen LogP contribution >= 0.6 is 0 Å². The minimum atomic E-state index is -4.95. The minimum Gasteiger partial charge on any atom is -0.336 e. The minimum absolute atomic E-state index is 0.174. The highest BCUT2D eigenvalue weighted by Gasteiger charge is 2.55. The maximum Gasteiger partial charge on any atom is 0.417 e. The number of carbonyl (C=O) groups excluding carboxylic acids is 2. The number of aromatic nitrogens is 2. The van der Waals surface area contributed by atoms with Gasteiger partial charge in [0.15, 0.2) is 9.84 Å². The summed E-state index contributed by atoms with van der Waals surface area (Å²) in [4.78, 5) is 26.9. The van der Waals surface area contributed by atoms with Crippen LogP contribution in [0.25, 0.3) is 11.1 Å². The van der Waals surface area contributed by atoms with Gasteiger partial charge in [-0.3, -0.25) is 19.6 Å². The Bertz CT molecular complexity index is 1400. The number of hydrogen-bond donors (Lipinski definition) is 2. The number of benzene rings is 1. The van der Waals surface area contributed by atoms with E-state index in [0.29, 0.717) is 31.2 Å². The lowest BCUT2D eigenvalue weighted by Crippen LogP contribution is -2.54. The number of nitrogens with zero attached hydrogens (tertiary/aromatic N) is 3. The standard InChI is InChI=1S/C25H30F3N5O4S/c1-23(6-7-23)22(35)33-14-17(11-19(33)21(34)31-24(29-2)8-9-24)38(36,37)20-5-4-15(10-18(20)25(26,27)28)16-12-30-32(3)13-16/h4-5,10,12-13,17,19,29H,6-9,11,14H2,1-3H3,(H,31,34)/t17-,19+/m1/s1. The van der Waals surface area contributed by atoms with E-state index in [4.69, 9.17) is 0 Å². The van der Waals surface area contributed by atoms with Crippen LogP contribution in [0.2, 0.25) is 0 Å². The maximum absolute atomic E-state index is 14.2. The lowest BCUT2D eigenvalue weighted by Gasteiger charge is -2.28. The molecule has 3 fully saturated rings. The number of hydrogen-bond acceptors (Lipinski definition) is 6. The average molecular weight is 554 g/mol. The molecule has 1 saturated heterocycles. The molecule has 2 aliphatic carbocycles. The Balaban J connectivity index is 1.49. The second-order valence-electron chi connectivity index (χ2n) is 10.9. The number of rotatable bonds is 7. The van der Waals surface area contributed by atoms with Crippen molar-refractivity contribution in [2.75, 3.05) is 13.6 Å². The zero-order valence-corrected chi connectivity index (χ0v) is 22.1. The molecule has 2 amide bonds. The van der Waals surface area contributed by atoms with Crippen LogP contribution in [-0.4, -0.2) is 65.5 Å². The van der Waals surface area contributed by atoms with Crippen molar-refractivity contribution >= 4 is 21.7 Å². The molecule has 2 aromatic rings. The Labute approximate surface area is 218 Å². The predicted octanol–water partition coefficient (Wildman–Crippen LogP) is 2.47. The molecule has 38 heavy (non-hydrogen) atoms. The van der Waals surface area contributed by atoms with Crippen LogP contribution in [0.15, 0.2) is 35.5 Å². The summed E-state index contributed by atoms with van der Waals surface area (Å²) in [6.45, 7) is 1.41. The molecule has 13 heteroatoms. The number of halogens is 3. The Hall–Kier alpha value is -2.93. The van der Waals surface area contributed by atoms with Crippen molar-refractivity contribution in [1.82, 2.24) is 25.3 Å². The van der Waals surface area contributed by atoms with Gasteiger partial charge in [-0.25, -0.2) is 8.42 Å². The zero-order chi connectivity index (χ0) is 27.7. The van der Waals surface area contributed by atoms with Crippen LogP contribution in [-0.2, 0) is 32.7 Å². The fourth-order valence-electron chi connectivity index (χ4n) is 5.05. The maximum atomic E-state index is 14.2. The molecule has 2 heterocycles. The van der Waals surface area contributed by atoms with Crippen molar-refractivity contribution in [3.63, 3.8) is 0 Å². The van der Waals surface area contributed by atoms with Gasteiger partial charge in [0.25, 0.3) is 0 Å². The third-order valence-electron chi connectivity index (χ3n) is 8.00. The molecular formula is C25H30F3N5O4S. The summed E-state index contributed by atoms with van der Waals surface area (Å²) < 4.78 is 71.3. The molecule has 2 saturated carbocycles. The van der Waals surface area contributed by atoms with Crippen LogP contribution < -0.4 is 10.6 Å². The largest absolute Gasteiger partial charge is 0.417 e. The van der Waals surface area contributed by atoms with Crippen molar-refractivity contribution < 1.29 is 31.2 Å². The van der Waals surface area contributed by atoms with Crippen LogP contribution in [0.5, 0.6) is 0 Å². The van der Waals surface area contributed by atoms with Gasteiger partial charge in [0.2, 0.25) is 11.8 Å². The van der Waals surface area contributed by atoms with E-state index in [-0.39, 0.29) is 24.4 Å². The Kier molecular flexibility index (Phi) is 6.18. The Morgan fingerprint density at radius 3 is 2.34 bits per heavy atom. The van der Waals surface area contributed by atoms with E-state index in [0.717, 1.165) is 12.1 Å². The monoisotopic (exact) mass is 553 g/mol. The van der Waals surface area contributed by atoms with Crippen LogP contribution in [0, 0.1) is 5.41 Å². The first-order chi connectivity index (χ1) is 17.7. The van der Waals surface area contributed by atoms with E-state index in [1.807, 2.05) is 0 Å². The van der Waals surface area contributed by atoms with Gasteiger partial charge in [-0.15, -0.1) is 0 Å². The van der Waals surface area contributed by atoms with Crippen molar-refractivity contribution in [3.8, 4) is 11.1 Å². The van der Waals surface area contributed by atoms with Crippen LogP contribution in [0.4, 0.5) is 13.2 Å². The highest BCUT2D eigenvalue weighted by atomic mass is 32.2. The second-order valence-corrected chi connectivity index (χ2v) is 13.1. The molecule has 206 valence electrons. The molecule has 1 aromatic heterocycles. The van der Waals surface area contributed by atoms with E-state index in [1.165, 1.54) is 28.0 Å². The predicted molar refractivity (Wildman–Crippen MR) is 131 cm³/mol. The van der Waals surface area contributed by atoms with Gasteiger partial charge in [-0.1, -0.05) is 13.0 Å². The van der Waals surface area contributed by atoms with Gasteiger partial charge in [-0.2, -0.15) is 18.3 Å². The number of likely N-dealkylation sites (tertiary alicyclic amines) is 1. The molecule has 0 bridgehead atoms. The summed E-state index contributed by atoms with van der Waals surface area (Å²) in [5.74, 6) is -0.845. The number of amides is 2. The van der Waals surface area contributed by atoms with E-state index in [9.17, 15) is 31.2 Å². The van der Waals surface area contributed by atoms with Gasteiger partial charge in [-0.05, 0) is 56.8 Å². The summed E-state index contributed by atoms with van der Waals surface area (Å²) in [5, 5.41) is 8.49. The average Bonchev–Trinajstić information content (AvgIpc) is 3.69. The molecule has 0 spiro atoms. The van der Waals surface area contributed by atoms with Crippen LogP contribution in [0.3, 0.4) is 0 Å².